The van der Waals surface area contributed by atoms with Crippen LogP contribution in [0.2, 0.25) is 0 Å². The predicted octanol–water partition coefficient (Wildman–Crippen LogP) is 2.68. The van der Waals surface area contributed by atoms with E-state index in [0.717, 1.165) is 31.7 Å². The minimum atomic E-state index is 0.320. The molecule has 0 radical (unpaired) electrons. The molecule has 0 bridgehead atoms. The normalized spacial score (nSPS) is 21.8. The van der Waals surface area contributed by atoms with Crippen LogP contribution in [0.1, 0.15) is 26.7 Å². The van der Waals surface area contributed by atoms with Gasteiger partial charge in [0.2, 0.25) is 0 Å². The highest BCUT2D eigenvalue weighted by atomic mass is 16.5. The topological polar surface area (TPSA) is 33.7 Å². The van der Waals surface area contributed by atoms with Crippen LogP contribution in [0.4, 0.5) is 5.69 Å². The monoisotopic (exact) mass is 292 g/mol. The summed E-state index contributed by atoms with van der Waals surface area (Å²) < 4.78 is 11.4. The summed E-state index contributed by atoms with van der Waals surface area (Å²) in [6.07, 6.45) is 2.96. The van der Waals surface area contributed by atoms with Gasteiger partial charge in [-0.05, 0) is 25.0 Å². The van der Waals surface area contributed by atoms with Gasteiger partial charge in [-0.25, -0.2) is 0 Å². The Labute approximate surface area is 128 Å². The molecule has 1 heterocycles. The third-order valence-corrected chi connectivity index (χ3v) is 3.92. The summed E-state index contributed by atoms with van der Waals surface area (Å²) in [5, 5.41) is 3.45. The predicted molar refractivity (Wildman–Crippen MR) is 87.3 cm³/mol. The van der Waals surface area contributed by atoms with E-state index in [-0.39, 0.29) is 0 Å². The number of nitrogens with zero attached hydrogens (tertiary/aromatic N) is 1. The number of rotatable bonds is 7. The van der Waals surface area contributed by atoms with E-state index < -0.39 is 0 Å². The van der Waals surface area contributed by atoms with Crippen molar-refractivity contribution in [1.29, 1.82) is 0 Å². The lowest BCUT2D eigenvalue weighted by atomic mass is 10.1. The minimum Gasteiger partial charge on any atom is -0.497 e. The number of ether oxygens (including phenoxy) is 2. The van der Waals surface area contributed by atoms with Gasteiger partial charge in [-0.15, -0.1) is 0 Å². The van der Waals surface area contributed by atoms with Crippen LogP contribution in [-0.2, 0) is 4.74 Å². The quantitative estimate of drug-likeness (QED) is 0.838. The molecule has 0 saturated carbocycles. The largest absolute Gasteiger partial charge is 0.497 e. The van der Waals surface area contributed by atoms with Crippen LogP contribution in [0.5, 0.6) is 5.75 Å². The van der Waals surface area contributed by atoms with E-state index >= 15 is 0 Å². The van der Waals surface area contributed by atoms with Gasteiger partial charge >= 0.3 is 0 Å². The van der Waals surface area contributed by atoms with E-state index in [1.165, 1.54) is 5.69 Å². The number of likely N-dealkylation sites (N-methyl/N-ethyl adjacent to an activating group) is 1. The Kier molecular flexibility index (Phi) is 5.88. The summed E-state index contributed by atoms with van der Waals surface area (Å²) >= 11 is 0. The summed E-state index contributed by atoms with van der Waals surface area (Å²) in [4.78, 5) is 2.24. The molecule has 0 spiro atoms. The average Bonchev–Trinajstić information content (AvgIpc) is 2.92. The molecule has 4 heteroatoms. The zero-order chi connectivity index (χ0) is 15.2. The molecule has 1 aliphatic rings. The molecule has 1 aromatic rings. The molecule has 1 N–H and O–H groups in total. The van der Waals surface area contributed by atoms with E-state index in [1.54, 1.807) is 7.11 Å². The Morgan fingerprint density at radius 3 is 2.81 bits per heavy atom. The minimum absolute atomic E-state index is 0.320. The lowest BCUT2D eigenvalue weighted by molar-refractivity contribution is 0.0489. The molecular weight excluding hydrogens is 264 g/mol. The summed E-state index contributed by atoms with van der Waals surface area (Å²) in [5.74, 6) is 0.894. The van der Waals surface area contributed by atoms with Gasteiger partial charge in [0.05, 0.1) is 19.3 Å². The molecule has 1 saturated heterocycles. The molecule has 0 aromatic heterocycles. The maximum atomic E-state index is 6.13. The number of anilines is 1. The fourth-order valence-corrected chi connectivity index (χ4v) is 2.69. The molecule has 2 rings (SSSR count). The zero-order valence-electron chi connectivity index (χ0n) is 13.6. The van der Waals surface area contributed by atoms with Crippen molar-refractivity contribution in [1.82, 2.24) is 5.32 Å². The van der Waals surface area contributed by atoms with Gasteiger partial charge in [0.1, 0.15) is 5.75 Å². The maximum Gasteiger partial charge on any atom is 0.120 e. The van der Waals surface area contributed by atoms with Crippen molar-refractivity contribution in [2.24, 2.45) is 0 Å². The highest BCUT2D eigenvalue weighted by molar-refractivity contribution is 5.50. The summed E-state index contributed by atoms with van der Waals surface area (Å²) in [7, 11) is 3.81. The fourth-order valence-electron chi connectivity index (χ4n) is 2.69. The number of methoxy groups -OCH3 is 1. The van der Waals surface area contributed by atoms with Gasteiger partial charge < -0.3 is 19.7 Å². The van der Waals surface area contributed by atoms with E-state index in [1.807, 2.05) is 12.1 Å². The van der Waals surface area contributed by atoms with Gasteiger partial charge in [-0.1, -0.05) is 19.9 Å². The number of nitrogens with one attached hydrogen (secondary N) is 1. The molecule has 2 atom stereocenters. The SMILES string of the molecule is COc1cccc(N(C)CC2CCC(CNC(C)C)O2)c1. The molecular formula is C17H28N2O2. The molecule has 1 aromatic carbocycles. The fraction of sp³-hybridized carbons (Fsp3) is 0.647. The molecule has 0 amide bonds. The van der Waals surface area contributed by atoms with Crippen LogP contribution in [-0.4, -0.2) is 45.5 Å². The average molecular weight is 292 g/mol. The Bertz CT molecular complexity index is 437. The molecule has 118 valence electrons. The Hall–Kier alpha value is -1.26. The third-order valence-electron chi connectivity index (χ3n) is 3.92. The lowest BCUT2D eigenvalue weighted by Crippen LogP contribution is -2.34. The van der Waals surface area contributed by atoms with Gasteiger partial charge in [-0.2, -0.15) is 0 Å². The Balaban J connectivity index is 1.82. The van der Waals surface area contributed by atoms with Gasteiger partial charge in [0.15, 0.2) is 0 Å². The van der Waals surface area contributed by atoms with E-state index in [2.05, 4.69) is 43.2 Å². The molecule has 21 heavy (non-hydrogen) atoms. The van der Waals surface area contributed by atoms with Crippen LogP contribution < -0.4 is 15.0 Å². The lowest BCUT2D eigenvalue weighted by Gasteiger charge is -2.24. The van der Waals surface area contributed by atoms with Gasteiger partial charge in [-0.3, -0.25) is 0 Å². The molecule has 4 nitrogen and oxygen atoms in total. The van der Waals surface area contributed by atoms with Crippen molar-refractivity contribution in [3.8, 4) is 5.75 Å². The van der Waals surface area contributed by atoms with Crippen LogP contribution in [0.3, 0.4) is 0 Å². The standard InChI is InChI=1S/C17H28N2O2/c1-13(2)18-11-16-8-9-17(21-16)12-19(3)14-6-5-7-15(10-14)20-4/h5-7,10,13,16-18H,8-9,11-12H2,1-4H3. The first-order valence-electron chi connectivity index (χ1n) is 7.82. The van der Waals surface area contributed by atoms with Crippen LogP contribution in [0.15, 0.2) is 24.3 Å². The van der Waals surface area contributed by atoms with Crippen LogP contribution >= 0.6 is 0 Å². The second-order valence-electron chi connectivity index (χ2n) is 6.10. The first-order valence-corrected chi connectivity index (χ1v) is 7.82. The number of benzene rings is 1. The Morgan fingerprint density at radius 2 is 2.10 bits per heavy atom. The van der Waals surface area contributed by atoms with E-state index in [0.29, 0.717) is 18.2 Å². The smallest absolute Gasteiger partial charge is 0.120 e. The van der Waals surface area contributed by atoms with Gasteiger partial charge in [0.25, 0.3) is 0 Å². The van der Waals surface area contributed by atoms with Crippen LogP contribution in [0, 0.1) is 0 Å². The summed E-state index contributed by atoms with van der Waals surface area (Å²) in [6, 6.07) is 8.68. The summed E-state index contributed by atoms with van der Waals surface area (Å²) in [5.41, 5.74) is 1.17. The Morgan fingerprint density at radius 1 is 1.33 bits per heavy atom. The maximum absolute atomic E-state index is 6.13. The van der Waals surface area contributed by atoms with Gasteiger partial charge in [0, 0.05) is 37.9 Å². The van der Waals surface area contributed by atoms with Crippen molar-refractivity contribution in [2.45, 2.75) is 44.9 Å². The van der Waals surface area contributed by atoms with E-state index in [4.69, 9.17) is 9.47 Å². The first kappa shape index (κ1) is 16.1. The first-order chi connectivity index (χ1) is 10.1. The second kappa shape index (κ2) is 7.66. The van der Waals surface area contributed by atoms with Crippen molar-refractivity contribution < 1.29 is 9.47 Å². The van der Waals surface area contributed by atoms with E-state index in [9.17, 15) is 0 Å². The molecule has 0 aliphatic carbocycles. The highest BCUT2D eigenvalue weighted by Gasteiger charge is 2.26. The summed E-state index contributed by atoms with van der Waals surface area (Å²) in [6.45, 7) is 6.22. The zero-order valence-corrected chi connectivity index (χ0v) is 13.6. The number of hydrogen-bond donors (Lipinski definition) is 1. The molecule has 1 aliphatic heterocycles. The highest BCUT2D eigenvalue weighted by Crippen LogP contribution is 2.24. The third kappa shape index (κ3) is 4.90. The molecule has 1 fully saturated rings. The molecule has 2 unspecified atom stereocenters. The van der Waals surface area contributed by atoms with Crippen molar-refractivity contribution in [3.63, 3.8) is 0 Å². The second-order valence-corrected chi connectivity index (χ2v) is 6.10. The van der Waals surface area contributed by atoms with Crippen LogP contribution in [0.25, 0.3) is 0 Å². The number of hydrogen-bond acceptors (Lipinski definition) is 4. The van der Waals surface area contributed by atoms with Crippen molar-refractivity contribution in [2.75, 3.05) is 32.1 Å². The van der Waals surface area contributed by atoms with Crippen molar-refractivity contribution in [3.05, 3.63) is 24.3 Å². The van der Waals surface area contributed by atoms with Crippen molar-refractivity contribution >= 4 is 5.69 Å².